The van der Waals surface area contributed by atoms with E-state index in [1.807, 2.05) is 5.32 Å². The van der Waals surface area contributed by atoms with Crippen molar-refractivity contribution in [3.8, 4) is 0 Å². The van der Waals surface area contributed by atoms with Crippen LogP contribution in [0.25, 0.3) is 0 Å². The number of carbonyl (C=O) groups is 5. The highest BCUT2D eigenvalue weighted by molar-refractivity contribution is 6.41. The van der Waals surface area contributed by atoms with Crippen LogP contribution in [0.4, 0.5) is 4.79 Å². The Kier molecular flexibility index (Phi) is 5.47. The van der Waals surface area contributed by atoms with E-state index in [2.05, 4.69) is 5.32 Å². The molecule has 2 aromatic carbocycles. The van der Waals surface area contributed by atoms with Crippen LogP contribution in [-0.4, -0.2) is 42.6 Å². The van der Waals surface area contributed by atoms with E-state index in [1.54, 1.807) is 18.2 Å². The number of esters is 1. The van der Waals surface area contributed by atoms with Crippen LogP contribution in [0.15, 0.2) is 36.4 Å². The monoisotopic (exact) mass is 414 g/mol. The minimum absolute atomic E-state index is 0.0839. The summed E-state index contributed by atoms with van der Waals surface area (Å²) in [7, 11) is 1.32. The number of ketones is 2. The van der Waals surface area contributed by atoms with E-state index in [-0.39, 0.29) is 38.6 Å². The zero-order chi connectivity index (χ0) is 21.3. The molecule has 0 heterocycles. The molecule has 1 aliphatic rings. The van der Waals surface area contributed by atoms with Gasteiger partial charge in [-0.3, -0.25) is 19.7 Å². The third kappa shape index (κ3) is 3.62. The lowest BCUT2D eigenvalue weighted by Gasteiger charge is -2.20. The van der Waals surface area contributed by atoms with E-state index in [4.69, 9.17) is 16.3 Å². The summed E-state index contributed by atoms with van der Waals surface area (Å²) in [6.45, 7) is 1.27. The van der Waals surface area contributed by atoms with Crippen molar-refractivity contribution in [2.45, 2.75) is 13.0 Å². The van der Waals surface area contributed by atoms with E-state index in [0.717, 1.165) is 0 Å². The number of hydrogen-bond donors (Lipinski definition) is 2. The number of imide groups is 1. The van der Waals surface area contributed by atoms with Crippen molar-refractivity contribution in [1.82, 2.24) is 10.6 Å². The lowest BCUT2D eigenvalue weighted by atomic mass is 9.83. The molecule has 0 bridgehead atoms. The van der Waals surface area contributed by atoms with Gasteiger partial charge in [-0.25, -0.2) is 9.59 Å². The molecule has 3 amide bonds. The third-order valence-electron chi connectivity index (χ3n) is 4.37. The number of nitrogens with one attached hydrogen (secondary N) is 2. The van der Waals surface area contributed by atoms with Crippen molar-refractivity contribution in [3.05, 3.63) is 69.2 Å². The number of rotatable bonds is 3. The number of hydrogen-bond acceptors (Lipinski definition) is 6. The van der Waals surface area contributed by atoms with E-state index in [0.29, 0.717) is 0 Å². The lowest BCUT2D eigenvalue weighted by molar-refractivity contribution is -0.127. The molecule has 0 unspecified atom stereocenters. The van der Waals surface area contributed by atoms with Crippen LogP contribution in [0.1, 0.15) is 49.1 Å². The summed E-state index contributed by atoms with van der Waals surface area (Å²) < 4.78 is 5.04. The minimum atomic E-state index is -1.30. The summed E-state index contributed by atoms with van der Waals surface area (Å²) in [6, 6.07) is 8.13. The summed E-state index contributed by atoms with van der Waals surface area (Å²) in [4.78, 5) is 61.0. The van der Waals surface area contributed by atoms with Crippen molar-refractivity contribution < 1.29 is 28.7 Å². The fourth-order valence-corrected chi connectivity index (χ4v) is 3.19. The normalized spacial score (nSPS) is 13.1. The first-order valence-corrected chi connectivity index (χ1v) is 8.88. The van der Waals surface area contributed by atoms with Gasteiger partial charge in [-0.2, -0.15) is 0 Å². The average molecular weight is 415 g/mol. The van der Waals surface area contributed by atoms with Crippen LogP contribution in [0.3, 0.4) is 0 Å². The molecule has 29 heavy (non-hydrogen) atoms. The second-order valence-electron chi connectivity index (χ2n) is 6.17. The smallest absolute Gasteiger partial charge is 0.340 e. The number of ether oxygens (including phenoxy) is 1. The van der Waals surface area contributed by atoms with Gasteiger partial charge in [-0.15, -0.1) is 0 Å². The summed E-state index contributed by atoms with van der Waals surface area (Å²) in [5, 5.41) is 3.93. The Morgan fingerprint density at radius 3 is 2.21 bits per heavy atom. The van der Waals surface area contributed by atoms with Gasteiger partial charge in [0.05, 0.1) is 16.1 Å². The molecular weight excluding hydrogens is 400 g/mol. The van der Waals surface area contributed by atoms with E-state index < -0.39 is 29.8 Å². The fourth-order valence-electron chi connectivity index (χ4n) is 2.86. The molecule has 9 heteroatoms. The number of fused-ring (bicyclic) bond motifs is 2. The van der Waals surface area contributed by atoms with Gasteiger partial charge in [-0.1, -0.05) is 35.9 Å². The Morgan fingerprint density at radius 2 is 1.59 bits per heavy atom. The van der Waals surface area contributed by atoms with Gasteiger partial charge < -0.3 is 10.1 Å². The second kappa shape index (κ2) is 7.84. The largest absolute Gasteiger partial charge is 0.449 e. The van der Waals surface area contributed by atoms with Gasteiger partial charge in [-0.05, 0) is 19.1 Å². The molecule has 148 valence electrons. The molecule has 0 fully saturated rings. The number of urea groups is 1. The van der Waals surface area contributed by atoms with Crippen LogP contribution in [-0.2, 0) is 9.53 Å². The van der Waals surface area contributed by atoms with Crippen LogP contribution in [0.2, 0.25) is 5.02 Å². The van der Waals surface area contributed by atoms with Gasteiger partial charge in [0.15, 0.2) is 17.7 Å². The Balaban J connectivity index is 1.90. The number of halogens is 1. The molecule has 8 nitrogen and oxygen atoms in total. The summed E-state index contributed by atoms with van der Waals surface area (Å²) in [5.41, 5.74) is 0.269. The summed E-state index contributed by atoms with van der Waals surface area (Å²) in [5.74, 6) is -2.68. The van der Waals surface area contributed by atoms with Gasteiger partial charge in [0.1, 0.15) is 0 Å². The van der Waals surface area contributed by atoms with Gasteiger partial charge >= 0.3 is 12.0 Å². The number of benzene rings is 2. The van der Waals surface area contributed by atoms with Gasteiger partial charge in [0.2, 0.25) is 0 Å². The van der Waals surface area contributed by atoms with Crippen LogP contribution >= 0.6 is 11.6 Å². The zero-order valence-electron chi connectivity index (χ0n) is 15.4. The summed E-state index contributed by atoms with van der Waals surface area (Å²) >= 11 is 6.28. The van der Waals surface area contributed by atoms with Crippen molar-refractivity contribution in [3.63, 3.8) is 0 Å². The Morgan fingerprint density at radius 1 is 0.966 bits per heavy atom. The van der Waals surface area contributed by atoms with Crippen LogP contribution in [0, 0.1) is 0 Å². The maximum atomic E-state index is 12.8. The summed E-state index contributed by atoms with van der Waals surface area (Å²) in [6.07, 6.45) is -1.30. The second-order valence-corrected chi connectivity index (χ2v) is 6.55. The molecule has 2 N–H and O–H groups in total. The number of carbonyl (C=O) groups excluding carboxylic acids is 5. The molecule has 1 atom stereocenters. The lowest BCUT2D eigenvalue weighted by Crippen LogP contribution is -2.43. The SMILES string of the molecule is CNC(=O)NC(=O)[C@@H](C)OC(=O)c1ccc2c(c1Cl)C(=O)c1ccccc1C2=O. The maximum Gasteiger partial charge on any atom is 0.340 e. The molecule has 0 saturated carbocycles. The highest BCUT2D eigenvalue weighted by Crippen LogP contribution is 2.34. The van der Waals surface area contributed by atoms with Gasteiger partial charge in [0, 0.05) is 23.7 Å². The van der Waals surface area contributed by atoms with E-state index in [9.17, 15) is 24.0 Å². The average Bonchev–Trinajstić information content (AvgIpc) is 2.71. The van der Waals surface area contributed by atoms with Crippen LogP contribution in [0.5, 0.6) is 0 Å². The van der Waals surface area contributed by atoms with E-state index in [1.165, 1.54) is 32.2 Å². The molecule has 2 aromatic rings. The highest BCUT2D eigenvalue weighted by atomic mass is 35.5. The van der Waals surface area contributed by atoms with Crippen LogP contribution < -0.4 is 10.6 Å². The first kappa shape index (κ1) is 20.2. The molecule has 0 aliphatic heterocycles. The Labute approximate surface area is 170 Å². The quantitative estimate of drug-likeness (QED) is 0.633. The molecule has 0 saturated heterocycles. The predicted molar refractivity (Wildman–Crippen MR) is 102 cm³/mol. The topological polar surface area (TPSA) is 119 Å². The maximum absolute atomic E-state index is 12.8. The molecular formula is C20H15ClN2O6. The Hall–Kier alpha value is -3.52. The molecule has 0 radical (unpaired) electrons. The van der Waals surface area contributed by atoms with E-state index >= 15 is 0 Å². The minimum Gasteiger partial charge on any atom is -0.449 e. The molecule has 0 aromatic heterocycles. The Bertz CT molecular complexity index is 1080. The number of amides is 3. The first-order chi connectivity index (χ1) is 13.8. The highest BCUT2D eigenvalue weighted by Gasteiger charge is 2.33. The standard InChI is InChI=1S/C20H15ClN2O6/c1-9(18(26)23-20(28)22-2)29-19(27)13-8-7-12-14(15(13)21)17(25)11-6-4-3-5-10(11)16(12)24/h3-9H,1-2H3,(H2,22,23,26,28)/t9-/m1/s1. The molecule has 1 aliphatic carbocycles. The van der Waals surface area contributed by atoms with Crippen molar-refractivity contribution in [2.75, 3.05) is 7.05 Å². The van der Waals surface area contributed by atoms with Gasteiger partial charge in [0.25, 0.3) is 5.91 Å². The first-order valence-electron chi connectivity index (χ1n) is 8.50. The molecule has 3 rings (SSSR count). The van der Waals surface area contributed by atoms with Crippen molar-refractivity contribution in [1.29, 1.82) is 0 Å². The predicted octanol–water partition coefficient (Wildman–Crippen LogP) is 2.12. The third-order valence-corrected chi connectivity index (χ3v) is 4.76. The molecule has 0 spiro atoms. The zero-order valence-corrected chi connectivity index (χ0v) is 16.1. The fraction of sp³-hybridized carbons (Fsp3) is 0.150. The van der Waals surface area contributed by atoms with Crippen molar-refractivity contribution >= 4 is 41.1 Å². The van der Waals surface area contributed by atoms with Crippen molar-refractivity contribution in [2.24, 2.45) is 0 Å².